The average molecular weight is 251 g/mol. The third-order valence-electron chi connectivity index (χ3n) is 3.38. The molecule has 0 aromatic heterocycles. The van der Waals surface area contributed by atoms with E-state index in [1.165, 1.54) is 12.8 Å². The van der Waals surface area contributed by atoms with Gasteiger partial charge in [0.2, 0.25) is 0 Å². The molecule has 3 heteroatoms. The van der Waals surface area contributed by atoms with E-state index < -0.39 is 0 Å². The first-order chi connectivity index (χ1) is 8.69. The summed E-state index contributed by atoms with van der Waals surface area (Å²) in [6.07, 6.45) is 3.67. The van der Waals surface area contributed by atoms with Crippen molar-refractivity contribution in [1.82, 2.24) is 5.32 Å². The van der Waals surface area contributed by atoms with Crippen LogP contribution in [0.2, 0.25) is 0 Å². The van der Waals surface area contributed by atoms with E-state index in [1.807, 2.05) is 19.1 Å². The Kier molecular flexibility index (Phi) is 4.72. The summed E-state index contributed by atoms with van der Waals surface area (Å²) in [5.74, 6) is -0.173. The van der Waals surface area contributed by atoms with Gasteiger partial charge in [0.05, 0.1) is 12.7 Å². The number of rotatable bonds is 7. The van der Waals surface area contributed by atoms with Gasteiger partial charge in [-0.05, 0) is 43.9 Å². The Morgan fingerprint density at radius 1 is 1.44 bits per heavy atom. The first kappa shape index (κ1) is 13.5. The standard InChI is InChI=1S/C15H22FNO/c1-3-11(2)18-10-13-8-12(4-7-15(13)16)9-17-14-5-6-14/h4,7-8,11,14,17H,3,5-6,9-10H2,1-2H3. The molecule has 0 amide bonds. The molecule has 100 valence electrons. The third-order valence-corrected chi connectivity index (χ3v) is 3.38. The summed E-state index contributed by atoms with van der Waals surface area (Å²) in [5.41, 5.74) is 1.79. The molecule has 0 saturated heterocycles. The van der Waals surface area contributed by atoms with Crippen molar-refractivity contribution in [1.29, 1.82) is 0 Å². The second-order valence-corrected chi connectivity index (χ2v) is 5.11. The number of hydrogen-bond acceptors (Lipinski definition) is 2. The molecule has 2 rings (SSSR count). The van der Waals surface area contributed by atoms with Crippen molar-refractivity contribution < 1.29 is 9.13 Å². The van der Waals surface area contributed by atoms with Crippen molar-refractivity contribution >= 4 is 0 Å². The maximum absolute atomic E-state index is 13.6. The molecule has 0 bridgehead atoms. The van der Waals surface area contributed by atoms with E-state index in [0.29, 0.717) is 18.2 Å². The van der Waals surface area contributed by atoms with Crippen molar-refractivity contribution in [2.75, 3.05) is 0 Å². The van der Waals surface area contributed by atoms with Crippen LogP contribution < -0.4 is 5.32 Å². The van der Waals surface area contributed by atoms with Gasteiger partial charge in [0.25, 0.3) is 0 Å². The molecule has 1 fully saturated rings. The molecule has 0 aliphatic heterocycles. The highest BCUT2D eigenvalue weighted by atomic mass is 19.1. The zero-order chi connectivity index (χ0) is 13.0. The fraction of sp³-hybridized carbons (Fsp3) is 0.600. The Balaban J connectivity index is 1.91. The summed E-state index contributed by atoms with van der Waals surface area (Å²) in [6, 6.07) is 5.97. The van der Waals surface area contributed by atoms with Gasteiger partial charge in [-0.1, -0.05) is 13.0 Å². The summed E-state index contributed by atoms with van der Waals surface area (Å²) in [4.78, 5) is 0. The Morgan fingerprint density at radius 3 is 2.89 bits per heavy atom. The number of ether oxygens (including phenoxy) is 1. The maximum Gasteiger partial charge on any atom is 0.128 e. The zero-order valence-electron chi connectivity index (χ0n) is 11.2. The van der Waals surface area contributed by atoms with E-state index in [4.69, 9.17) is 4.74 Å². The summed E-state index contributed by atoms with van der Waals surface area (Å²) in [5, 5.41) is 3.43. The van der Waals surface area contributed by atoms with Crippen molar-refractivity contribution in [2.45, 2.75) is 58.4 Å². The van der Waals surface area contributed by atoms with Gasteiger partial charge in [-0.25, -0.2) is 4.39 Å². The lowest BCUT2D eigenvalue weighted by Crippen LogP contribution is -2.15. The minimum Gasteiger partial charge on any atom is -0.374 e. The summed E-state index contributed by atoms with van der Waals surface area (Å²) >= 11 is 0. The average Bonchev–Trinajstić information content (AvgIpc) is 3.19. The number of nitrogens with one attached hydrogen (secondary N) is 1. The fourth-order valence-electron chi connectivity index (χ4n) is 1.75. The minimum absolute atomic E-state index is 0.173. The van der Waals surface area contributed by atoms with Gasteiger partial charge in [-0.15, -0.1) is 0 Å². The highest BCUT2D eigenvalue weighted by Gasteiger charge is 2.20. The van der Waals surface area contributed by atoms with E-state index in [0.717, 1.165) is 18.5 Å². The summed E-state index contributed by atoms with van der Waals surface area (Å²) in [7, 11) is 0. The topological polar surface area (TPSA) is 21.3 Å². The smallest absolute Gasteiger partial charge is 0.128 e. The van der Waals surface area contributed by atoms with Crippen LogP contribution in [0.25, 0.3) is 0 Å². The molecule has 1 unspecified atom stereocenters. The van der Waals surface area contributed by atoms with Gasteiger partial charge >= 0.3 is 0 Å². The van der Waals surface area contributed by atoms with Gasteiger partial charge in [0, 0.05) is 18.2 Å². The van der Waals surface area contributed by atoms with Gasteiger partial charge in [0.15, 0.2) is 0 Å². The van der Waals surface area contributed by atoms with Crippen molar-refractivity contribution in [3.63, 3.8) is 0 Å². The first-order valence-corrected chi connectivity index (χ1v) is 6.81. The Morgan fingerprint density at radius 2 is 2.22 bits per heavy atom. The predicted molar refractivity (Wildman–Crippen MR) is 70.8 cm³/mol. The number of hydrogen-bond donors (Lipinski definition) is 1. The molecule has 1 N–H and O–H groups in total. The molecule has 1 saturated carbocycles. The van der Waals surface area contributed by atoms with Crippen LogP contribution >= 0.6 is 0 Å². The molecule has 0 heterocycles. The van der Waals surface area contributed by atoms with Crippen LogP contribution in [0.4, 0.5) is 4.39 Å². The lowest BCUT2D eigenvalue weighted by Gasteiger charge is -2.12. The molecule has 1 aliphatic carbocycles. The highest BCUT2D eigenvalue weighted by molar-refractivity contribution is 5.24. The van der Waals surface area contributed by atoms with Crippen LogP contribution in [-0.4, -0.2) is 12.1 Å². The zero-order valence-corrected chi connectivity index (χ0v) is 11.2. The molecule has 18 heavy (non-hydrogen) atoms. The molecule has 0 spiro atoms. The van der Waals surface area contributed by atoms with Crippen LogP contribution in [0.15, 0.2) is 18.2 Å². The third kappa shape index (κ3) is 4.07. The summed E-state index contributed by atoms with van der Waals surface area (Å²) in [6.45, 7) is 5.26. The molecule has 1 aromatic carbocycles. The largest absolute Gasteiger partial charge is 0.374 e. The second-order valence-electron chi connectivity index (χ2n) is 5.11. The van der Waals surface area contributed by atoms with Crippen LogP contribution in [-0.2, 0) is 17.9 Å². The molecule has 2 nitrogen and oxygen atoms in total. The molecular formula is C15H22FNO. The number of halogens is 1. The second kappa shape index (κ2) is 6.30. The Hall–Kier alpha value is -0.930. The van der Waals surface area contributed by atoms with Crippen LogP contribution in [0.3, 0.4) is 0 Å². The number of benzene rings is 1. The van der Waals surface area contributed by atoms with Crippen molar-refractivity contribution in [3.8, 4) is 0 Å². The van der Waals surface area contributed by atoms with Gasteiger partial charge in [0.1, 0.15) is 5.82 Å². The fourth-order valence-corrected chi connectivity index (χ4v) is 1.75. The lowest BCUT2D eigenvalue weighted by molar-refractivity contribution is 0.0492. The quantitative estimate of drug-likeness (QED) is 0.802. The normalized spacial score (nSPS) is 16.8. The minimum atomic E-state index is -0.173. The maximum atomic E-state index is 13.6. The van der Waals surface area contributed by atoms with E-state index in [2.05, 4.69) is 12.2 Å². The van der Waals surface area contributed by atoms with Crippen LogP contribution in [0, 0.1) is 5.82 Å². The lowest BCUT2D eigenvalue weighted by atomic mass is 10.1. The molecular weight excluding hydrogens is 229 g/mol. The monoisotopic (exact) mass is 251 g/mol. The Labute approximate surface area is 109 Å². The van der Waals surface area contributed by atoms with E-state index in [-0.39, 0.29) is 11.9 Å². The first-order valence-electron chi connectivity index (χ1n) is 6.81. The summed E-state index contributed by atoms with van der Waals surface area (Å²) < 4.78 is 19.2. The molecule has 0 radical (unpaired) electrons. The van der Waals surface area contributed by atoms with E-state index >= 15 is 0 Å². The molecule has 1 atom stereocenters. The van der Waals surface area contributed by atoms with Crippen molar-refractivity contribution in [2.24, 2.45) is 0 Å². The highest BCUT2D eigenvalue weighted by Crippen LogP contribution is 2.20. The SMILES string of the molecule is CCC(C)OCc1cc(CNC2CC2)ccc1F. The van der Waals surface area contributed by atoms with Crippen LogP contribution in [0.5, 0.6) is 0 Å². The van der Waals surface area contributed by atoms with E-state index in [9.17, 15) is 4.39 Å². The van der Waals surface area contributed by atoms with Gasteiger partial charge in [-0.2, -0.15) is 0 Å². The van der Waals surface area contributed by atoms with Gasteiger partial charge < -0.3 is 10.1 Å². The Bertz CT molecular complexity index is 390. The van der Waals surface area contributed by atoms with Gasteiger partial charge in [-0.3, -0.25) is 0 Å². The van der Waals surface area contributed by atoms with Crippen LogP contribution in [0.1, 0.15) is 44.2 Å². The predicted octanol–water partition coefficient (Wildman–Crippen LogP) is 3.39. The molecule has 1 aliphatic rings. The molecule has 1 aromatic rings. The van der Waals surface area contributed by atoms with Crippen molar-refractivity contribution in [3.05, 3.63) is 35.1 Å². The van der Waals surface area contributed by atoms with E-state index in [1.54, 1.807) is 6.07 Å².